The summed E-state index contributed by atoms with van der Waals surface area (Å²) in [6.45, 7) is 3.15. The lowest BCUT2D eigenvalue weighted by Crippen LogP contribution is -2.40. The van der Waals surface area contributed by atoms with Gasteiger partial charge in [-0.2, -0.15) is 0 Å². The van der Waals surface area contributed by atoms with Crippen LogP contribution < -0.4 is 16.2 Å². The van der Waals surface area contributed by atoms with E-state index in [1.807, 2.05) is 4.90 Å². The zero-order chi connectivity index (χ0) is 18.0. The van der Waals surface area contributed by atoms with Crippen molar-refractivity contribution in [2.75, 3.05) is 18.0 Å². The minimum Gasteiger partial charge on any atom is -0.440 e. The Balaban J connectivity index is 1.78. The summed E-state index contributed by atoms with van der Waals surface area (Å²) in [6.07, 6.45) is 3.60. The van der Waals surface area contributed by atoms with Gasteiger partial charge in [-0.3, -0.25) is 4.79 Å². The smallest absolute Gasteiger partial charge is 0.281 e. The second-order valence-corrected chi connectivity index (χ2v) is 7.46. The van der Waals surface area contributed by atoms with Crippen molar-refractivity contribution in [3.05, 3.63) is 34.2 Å². The fourth-order valence-electron chi connectivity index (χ4n) is 3.99. The lowest BCUT2D eigenvalue weighted by Gasteiger charge is -2.32. The van der Waals surface area contributed by atoms with E-state index >= 15 is 0 Å². The standard InChI is InChI=1S/C19H21FN4O2/c1-10-22-17-18(26-10)13-8-14(20)16(23-6-4-11(21)5-7-23)9-15(13)24(19(17)25)12-2-3-12/h8-9,11-12H,2-7,21H2,1H3. The molecule has 0 amide bonds. The predicted octanol–water partition coefficient (Wildman–Crippen LogP) is 2.85. The molecular weight excluding hydrogens is 335 g/mol. The molecule has 3 aromatic rings. The first-order chi connectivity index (χ1) is 12.5. The van der Waals surface area contributed by atoms with E-state index in [1.165, 1.54) is 6.07 Å². The number of benzene rings is 1. The molecule has 0 spiro atoms. The Labute approximate surface area is 149 Å². The minimum absolute atomic E-state index is 0.148. The minimum atomic E-state index is -0.302. The summed E-state index contributed by atoms with van der Waals surface area (Å²) in [5, 5.41) is 0.613. The van der Waals surface area contributed by atoms with Gasteiger partial charge in [0.25, 0.3) is 5.56 Å². The van der Waals surface area contributed by atoms with Gasteiger partial charge < -0.3 is 19.6 Å². The first-order valence-corrected chi connectivity index (χ1v) is 9.18. The molecule has 0 bridgehead atoms. The molecular formula is C19H21FN4O2. The van der Waals surface area contributed by atoms with Crippen LogP contribution in [0.5, 0.6) is 0 Å². The number of halogens is 1. The van der Waals surface area contributed by atoms with Gasteiger partial charge in [-0.05, 0) is 37.8 Å². The van der Waals surface area contributed by atoms with Crippen LogP contribution in [0.3, 0.4) is 0 Å². The normalized spacial score (nSPS) is 19.0. The number of piperidine rings is 1. The van der Waals surface area contributed by atoms with Crippen LogP contribution in [0.15, 0.2) is 21.3 Å². The van der Waals surface area contributed by atoms with Crippen molar-refractivity contribution >= 4 is 27.7 Å². The van der Waals surface area contributed by atoms with Crippen molar-refractivity contribution in [3.63, 3.8) is 0 Å². The molecule has 0 radical (unpaired) electrons. The molecule has 1 aliphatic heterocycles. The fourth-order valence-corrected chi connectivity index (χ4v) is 3.99. The lowest BCUT2D eigenvalue weighted by atomic mass is 10.0. The van der Waals surface area contributed by atoms with Crippen LogP contribution in [0.25, 0.3) is 22.0 Å². The Bertz CT molecular complexity index is 1070. The van der Waals surface area contributed by atoms with E-state index in [4.69, 9.17) is 10.2 Å². The third kappa shape index (κ3) is 2.34. The summed E-state index contributed by atoms with van der Waals surface area (Å²) in [5.74, 6) is 0.116. The van der Waals surface area contributed by atoms with E-state index in [0.717, 1.165) is 44.3 Å². The molecule has 3 heterocycles. The number of aryl methyl sites for hydroxylation is 1. The highest BCUT2D eigenvalue weighted by Gasteiger charge is 2.30. The lowest BCUT2D eigenvalue weighted by molar-refractivity contribution is 0.494. The predicted molar refractivity (Wildman–Crippen MR) is 98.2 cm³/mol. The Hall–Kier alpha value is -2.41. The second-order valence-electron chi connectivity index (χ2n) is 7.46. The van der Waals surface area contributed by atoms with Crippen molar-refractivity contribution in [1.29, 1.82) is 0 Å². The van der Waals surface area contributed by atoms with Gasteiger partial charge in [-0.1, -0.05) is 0 Å². The molecule has 5 rings (SSSR count). The zero-order valence-corrected chi connectivity index (χ0v) is 14.7. The highest BCUT2D eigenvalue weighted by molar-refractivity contribution is 6.02. The van der Waals surface area contributed by atoms with E-state index in [2.05, 4.69) is 4.98 Å². The number of nitrogens with two attached hydrogens (primary N) is 1. The van der Waals surface area contributed by atoms with Gasteiger partial charge in [0.1, 0.15) is 5.82 Å². The third-order valence-corrected chi connectivity index (χ3v) is 5.52. The number of oxazole rings is 1. The molecule has 2 aliphatic rings. The van der Waals surface area contributed by atoms with Crippen LogP contribution in [-0.2, 0) is 0 Å². The van der Waals surface area contributed by atoms with E-state index < -0.39 is 0 Å². The molecule has 1 aromatic carbocycles. The average Bonchev–Trinajstić information content (AvgIpc) is 3.37. The number of rotatable bonds is 2. The van der Waals surface area contributed by atoms with Crippen LogP contribution in [0, 0.1) is 12.7 Å². The molecule has 0 unspecified atom stereocenters. The molecule has 136 valence electrons. The van der Waals surface area contributed by atoms with Crippen molar-refractivity contribution < 1.29 is 8.81 Å². The number of hydrogen-bond donors (Lipinski definition) is 1. The Morgan fingerprint density at radius 1 is 1.23 bits per heavy atom. The molecule has 1 saturated heterocycles. The number of pyridine rings is 1. The molecule has 2 fully saturated rings. The highest BCUT2D eigenvalue weighted by atomic mass is 19.1. The third-order valence-electron chi connectivity index (χ3n) is 5.52. The van der Waals surface area contributed by atoms with Crippen molar-refractivity contribution in [2.24, 2.45) is 5.73 Å². The molecule has 6 nitrogen and oxygen atoms in total. The Morgan fingerprint density at radius 2 is 1.96 bits per heavy atom. The fraction of sp³-hybridized carbons (Fsp3) is 0.474. The van der Waals surface area contributed by atoms with E-state index in [1.54, 1.807) is 17.6 Å². The van der Waals surface area contributed by atoms with Crippen LogP contribution in [0.2, 0.25) is 0 Å². The second kappa shape index (κ2) is 5.54. The maximum Gasteiger partial charge on any atom is 0.281 e. The summed E-state index contributed by atoms with van der Waals surface area (Å²) in [4.78, 5) is 19.2. The van der Waals surface area contributed by atoms with Crippen LogP contribution in [-0.4, -0.2) is 28.7 Å². The summed E-state index contributed by atoms with van der Waals surface area (Å²) < 4.78 is 22.4. The number of nitrogens with zero attached hydrogens (tertiary/aromatic N) is 3. The molecule has 1 aliphatic carbocycles. The Morgan fingerprint density at radius 3 is 2.65 bits per heavy atom. The number of hydrogen-bond acceptors (Lipinski definition) is 5. The molecule has 26 heavy (non-hydrogen) atoms. The van der Waals surface area contributed by atoms with Crippen LogP contribution in [0.1, 0.15) is 37.6 Å². The quantitative estimate of drug-likeness (QED) is 0.764. The number of aromatic nitrogens is 2. The van der Waals surface area contributed by atoms with Gasteiger partial charge >= 0.3 is 0 Å². The first kappa shape index (κ1) is 15.8. The monoisotopic (exact) mass is 356 g/mol. The molecule has 0 atom stereocenters. The van der Waals surface area contributed by atoms with Crippen LogP contribution in [0.4, 0.5) is 10.1 Å². The van der Waals surface area contributed by atoms with Crippen molar-refractivity contribution in [1.82, 2.24) is 9.55 Å². The van der Waals surface area contributed by atoms with E-state index in [0.29, 0.717) is 22.5 Å². The van der Waals surface area contributed by atoms with E-state index in [-0.39, 0.29) is 29.0 Å². The number of fused-ring (bicyclic) bond motifs is 3. The summed E-state index contributed by atoms with van der Waals surface area (Å²) in [7, 11) is 0. The summed E-state index contributed by atoms with van der Waals surface area (Å²) >= 11 is 0. The van der Waals surface area contributed by atoms with Gasteiger partial charge in [-0.15, -0.1) is 0 Å². The average molecular weight is 356 g/mol. The van der Waals surface area contributed by atoms with Gasteiger partial charge in [0.2, 0.25) is 0 Å². The van der Waals surface area contributed by atoms with Gasteiger partial charge in [0.05, 0.1) is 11.2 Å². The first-order valence-electron chi connectivity index (χ1n) is 9.18. The molecule has 1 saturated carbocycles. The molecule has 2 aromatic heterocycles. The molecule has 2 N–H and O–H groups in total. The van der Waals surface area contributed by atoms with E-state index in [9.17, 15) is 9.18 Å². The SMILES string of the molecule is Cc1nc2c(=O)n(C3CC3)c3cc(N4CCC(N)CC4)c(F)cc3c2o1. The summed E-state index contributed by atoms with van der Waals surface area (Å²) in [5.41, 5.74) is 7.76. The topological polar surface area (TPSA) is 77.3 Å². The number of anilines is 1. The van der Waals surface area contributed by atoms with Crippen molar-refractivity contribution in [2.45, 2.75) is 44.7 Å². The van der Waals surface area contributed by atoms with Gasteiger partial charge in [-0.25, -0.2) is 9.37 Å². The van der Waals surface area contributed by atoms with Gasteiger partial charge in [0.15, 0.2) is 17.0 Å². The maximum absolute atomic E-state index is 15.0. The summed E-state index contributed by atoms with van der Waals surface area (Å²) in [6, 6.07) is 3.64. The van der Waals surface area contributed by atoms with Crippen LogP contribution >= 0.6 is 0 Å². The zero-order valence-electron chi connectivity index (χ0n) is 14.7. The van der Waals surface area contributed by atoms with Crippen molar-refractivity contribution in [3.8, 4) is 0 Å². The van der Waals surface area contributed by atoms with Gasteiger partial charge in [0, 0.05) is 37.5 Å². The molecule has 7 heteroatoms. The Kier molecular flexibility index (Phi) is 3.37. The maximum atomic E-state index is 15.0. The largest absolute Gasteiger partial charge is 0.440 e. The highest BCUT2D eigenvalue weighted by Crippen LogP contribution is 2.39.